The van der Waals surface area contributed by atoms with E-state index in [0.29, 0.717) is 0 Å². The van der Waals surface area contributed by atoms with E-state index < -0.39 is 0 Å². The molecule has 0 spiro atoms. The molecule has 0 saturated heterocycles. The zero-order valence-corrected chi connectivity index (χ0v) is 3.40. The van der Waals surface area contributed by atoms with E-state index in [0.717, 1.165) is 0 Å². The Morgan fingerprint density at radius 3 is 3.00 bits per heavy atom. The predicted molar refractivity (Wildman–Crippen MR) is 22.1 cm³/mol. The maximum Gasteiger partial charge on any atom is 0.235 e. The molecular formula is C2H2N4O. The zero-order valence-electron chi connectivity index (χ0n) is 3.40. The first-order valence-corrected chi connectivity index (χ1v) is 1.46. The first kappa shape index (κ1) is 5.69. The summed E-state index contributed by atoms with van der Waals surface area (Å²) in [7, 11) is 0. The highest BCUT2D eigenvalue weighted by molar-refractivity contribution is 5.32. The lowest BCUT2D eigenvalue weighted by Gasteiger charge is -1.63. The summed E-state index contributed by atoms with van der Waals surface area (Å²) in [5, 5.41) is 2.91. The summed E-state index contributed by atoms with van der Waals surface area (Å²) in [5.41, 5.74) is 7.56. The van der Waals surface area contributed by atoms with Crippen LogP contribution in [-0.4, -0.2) is 12.7 Å². The number of nitrogens with zero attached hydrogens (tertiary/aromatic N) is 4. The van der Waals surface area contributed by atoms with Gasteiger partial charge in [0.1, 0.15) is 6.67 Å². The van der Waals surface area contributed by atoms with E-state index in [1.54, 1.807) is 0 Å². The average Bonchev–Trinajstić information content (AvgIpc) is 1.69. The van der Waals surface area contributed by atoms with E-state index in [1.165, 1.54) is 6.08 Å². The van der Waals surface area contributed by atoms with Crippen LogP contribution >= 0.6 is 0 Å². The van der Waals surface area contributed by atoms with Gasteiger partial charge < -0.3 is 0 Å². The summed E-state index contributed by atoms with van der Waals surface area (Å²) >= 11 is 0. The van der Waals surface area contributed by atoms with Crippen molar-refractivity contribution in [1.29, 1.82) is 0 Å². The van der Waals surface area contributed by atoms with E-state index in [9.17, 15) is 4.79 Å². The fourth-order valence-corrected chi connectivity index (χ4v) is 0.0888. The molecule has 0 atom stereocenters. The van der Waals surface area contributed by atoms with Crippen molar-refractivity contribution in [3.63, 3.8) is 0 Å². The van der Waals surface area contributed by atoms with Gasteiger partial charge in [-0.1, -0.05) is 5.11 Å². The smallest absolute Gasteiger partial charge is 0.211 e. The molecule has 0 aliphatic rings. The van der Waals surface area contributed by atoms with Crippen LogP contribution in [0.2, 0.25) is 0 Å². The van der Waals surface area contributed by atoms with Crippen LogP contribution in [-0.2, 0) is 4.79 Å². The van der Waals surface area contributed by atoms with Crippen LogP contribution in [0.25, 0.3) is 10.4 Å². The van der Waals surface area contributed by atoms with Gasteiger partial charge in [-0.2, -0.15) is 4.99 Å². The minimum Gasteiger partial charge on any atom is -0.211 e. The van der Waals surface area contributed by atoms with Crippen molar-refractivity contribution in [2.24, 2.45) is 10.1 Å². The third-order valence-corrected chi connectivity index (χ3v) is 0.262. The Labute approximate surface area is 39.3 Å². The number of azide groups is 1. The molecule has 0 heterocycles. The van der Waals surface area contributed by atoms with Gasteiger partial charge >= 0.3 is 0 Å². The Balaban J connectivity index is 3.33. The maximum absolute atomic E-state index is 9.20. The third kappa shape index (κ3) is 4.69. The van der Waals surface area contributed by atoms with E-state index in [4.69, 9.17) is 5.53 Å². The SMILES string of the molecule is [N-]=[N+]=NCN=C=O. The summed E-state index contributed by atoms with van der Waals surface area (Å²) in [6, 6.07) is 0. The van der Waals surface area contributed by atoms with E-state index in [1.807, 2.05) is 0 Å². The maximum atomic E-state index is 9.20. The van der Waals surface area contributed by atoms with Gasteiger partial charge in [-0.15, -0.1) is 0 Å². The van der Waals surface area contributed by atoms with Crippen molar-refractivity contribution in [3.05, 3.63) is 10.4 Å². The van der Waals surface area contributed by atoms with Crippen molar-refractivity contribution in [2.75, 3.05) is 6.67 Å². The highest BCUT2D eigenvalue weighted by Crippen LogP contribution is 1.67. The molecule has 0 aliphatic carbocycles. The third-order valence-electron chi connectivity index (χ3n) is 0.262. The molecule has 0 amide bonds. The lowest BCUT2D eigenvalue weighted by atomic mass is 11.2. The molecule has 0 rings (SSSR count). The zero-order chi connectivity index (χ0) is 5.54. The molecule has 0 unspecified atom stereocenters. The van der Waals surface area contributed by atoms with Crippen molar-refractivity contribution in [2.45, 2.75) is 0 Å². The van der Waals surface area contributed by atoms with Crippen LogP contribution < -0.4 is 0 Å². The van der Waals surface area contributed by atoms with Gasteiger partial charge in [0, 0.05) is 4.91 Å². The Hall–Kier alpha value is -1.31. The van der Waals surface area contributed by atoms with Gasteiger partial charge in [0.25, 0.3) is 0 Å². The number of hydrogen-bond donors (Lipinski definition) is 0. The molecule has 36 valence electrons. The number of isocyanates is 1. The molecule has 0 saturated carbocycles. The highest BCUT2D eigenvalue weighted by Gasteiger charge is 1.62. The second kappa shape index (κ2) is 4.69. The number of aliphatic imine (C=N–C) groups is 1. The minimum atomic E-state index is -0.153. The minimum absolute atomic E-state index is 0.153. The Morgan fingerprint density at radius 2 is 2.57 bits per heavy atom. The van der Waals surface area contributed by atoms with Crippen LogP contribution in [0.1, 0.15) is 0 Å². The second-order valence-electron chi connectivity index (χ2n) is 0.622. The van der Waals surface area contributed by atoms with E-state index in [-0.39, 0.29) is 6.67 Å². The van der Waals surface area contributed by atoms with Gasteiger partial charge in [0.2, 0.25) is 6.08 Å². The lowest BCUT2D eigenvalue weighted by molar-refractivity contribution is 0.563. The average molecular weight is 98.1 g/mol. The number of rotatable bonds is 2. The second-order valence-corrected chi connectivity index (χ2v) is 0.622. The lowest BCUT2D eigenvalue weighted by Crippen LogP contribution is -1.63. The quantitative estimate of drug-likeness (QED) is 0.163. The molecule has 5 nitrogen and oxygen atoms in total. The number of carbonyl (C=O) groups excluding carboxylic acids is 1. The van der Waals surface area contributed by atoms with Crippen LogP contribution in [0.15, 0.2) is 10.1 Å². The first-order valence-electron chi connectivity index (χ1n) is 1.46. The van der Waals surface area contributed by atoms with Crippen molar-refractivity contribution in [1.82, 2.24) is 0 Å². The Morgan fingerprint density at radius 1 is 1.86 bits per heavy atom. The molecular weight excluding hydrogens is 96.0 g/mol. The summed E-state index contributed by atoms with van der Waals surface area (Å²) in [4.78, 5) is 14.5. The molecule has 7 heavy (non-hydrogen) atoms. The van der Waals surface area contributed by atoms with Crippen LogP contribution in [0.5, 0.6) is 0 Å². The highest BCUT2D eigenvalue weighted by atomic mass is 16.1. The van der Waals surface area contributed by atoms with Gasteiger partial charge in [-0.05, 0) is 5.53 Å². The molecule has 0 fully saturated rings. The van der Waals surface area contributed by atoms with Crippen LogP contribution in [0.3, 0.4) is 0 Å². The van der Waals surface area contributed by atoms with E-state index in [2.05, 4.69) is 15.0 Å². The fourth-order valence-electron chi connectivity index (χ4n) is 0.0888. The van der Waals surface area contributed by atoms with Gasteiger partial charge in [-0.3, -0.25) is 0 Å². The van der Waals surface area contributed by atoms with Crippen molar-refractivity contribution < 1.29 is 4.79 Å². The summed E-state index contributed by atoms with van der Waals surface area (Å²) in [6.45, 7) is -0.153. The topological polar surface area (TPSA) is 78.2 Å². The van der Waals surface area contributed by atoms with Crippen LogP contribution in [0, 0.1) is 0 Å². The Kier molecular flexibility index (Phi) is 3.81. The molecule has 0 aliphatic heterocycles. The normalized spacial score (nSPS) is 5.71. The summed E-state index contributed by atoms with van der Waals surface area (Å²) in [5.74, 6) is 0. The van der Waals surface area contributed by atoms with Gasteiger partial charge in [-0.25, -0.2) is 4.79 Å². The number of hydrogen-bond acceptors (Lipinski definition) is 3. The first-order chi connectivity index (χ1) is 3.41. The molecule has 5 heteroatoms. The van der Waals surface area contributed by atoms with Crippen LogP contribution in [0.4, 0.5) is 0 Å². The fraction of sp³-hybridized carbons (Fsp3) is 0.500. The van der Waals surface area contributed by atoms with E-state index >= 15 is 0 Å². The Bertz CT molecular complexity index is 113. The largest absolute Gasteiger partial charge is 0.235 e. The standard InChI is InChI=1S/C2H2N4O/c3-6-5-1-4-2-7/h1H2. The molecule has 0 bridgehead atoms. The molecule has 0 N–H and O–H groups in total. The van der Waals surface area contributed by atoms with Crippen molar-refractivity contribution in [3.8, 4) is 0 Å². The summed E-state index contributed by atoms with van der Waals surface area (Å²) < 4.78 is 0. The van der Waals surface area contributed by atoms with Gasteiger partial charge in [0.15, 0.2) is 0 Å². The monoisotopic (exact) mass is 98.0 g/mol. The van der Waals surface area contributed by atoms with Crippen molar-refractivity contribution >= 4 is 6.08 Å². The van der Waals surface area contributed by atoms with Gasteiger partial charge in [0.05, 0.1) is 0 Å². The molecule has 0 aromatic rings. The summed E-state index contributed by atoms with van der Waals surface area (Å²) in [6.07, 6.45) is 1.21. The molecule has 0 radical (unpaired) electrons. The molecule has 0 aromatic carbocycles. The predicted octanol–water partition coefficient (Wildman–Crippen LogP) is 0.590. The molecule has 0 aromatic heterocycles.